The number of nitrogens with two attached hydrogens (primary N) is 1. The van der Waals surface area contributed by atoms with Crippen LogP contribution in [-0.4, -0.2) is 19.5 Å². The second-order valence-corrected chi connectivity index (χ2v) is 4.06. The molecule has 5 nitrogen and oxygen atoms in total. The standard InChI is InChI=1S/C11H15N5/c1-7(2)8-6-9(12)15-10(14-8)11-13-4-5-16(11)3/h4-7H,1-3H3,(H2,12,14,15). The second kappa shape index (κ2) is 3.92. The lowest BCUT2D eigenvalue weighted by molar-refractivity contribution is 0.811. The predicted molar refractivity (Wildman–Crippen MR) is 62.7 cm³/mol. The Morgan fingerprint density at radius 2 is 2.06 bits per heavy atom. The van der Waals surface area contributed by atoms with E-state index in [1.54, 1.807) is 12.3 Å². The van der Waals surface area contributed by atoms with Gasteiger partial charge in [0.2, 0.25) is 0 Å². The van der Waals surface area contributed by atoms with E-state index in [9.17, 15) is 0 Å². The van der Waals surface area contributed by atoms with E-state index in [1.165, 1.54) is 0 Å². The smallest absolute Gasteiger partial charge is 0.198 e. The van der Waals surface area contributed by atoms with Gasteiger partial charge in [-0.2, -0.15) is 0 Å². The second-order valence-electron chi connectivity index (χ2n) is 4.06. The molecule has 2 heterocycles. The van der Waals surface area contributed by atoms with Gasteiger partial charge in [-0.05, 0) is 5.92 Å². The third-order valence-electron chi connectivity index (χ3n) is 2.38. The number of aromatic nitrogens is 4. The number of hydrogen-bond donors (Lipinski definition) is 1. The third kappa shape index (κ3) is 1.88. The summed E-state index contributed by atoms with van der Waals surface area (Å²) in [6.07, 6.45) is 3.58. The third-order valence-corrected chi connectivity index (χ3v) is 2.38. The molecule has 0 radical (unpaired) electrons. The van der Waals surface area contributed by atoms with Crippen molar-refractivity contribution >= 4 is 5.82 Å². The van der Waals surface area contributed by atoms with Gasteiger partial charge in [0, 0.05) is 31.2 Å². The molecule has 2 aromatic rings. The van der Waals surface area contributed by atoms with Crippen molar-refractivity contribution in [3.05, 3.63) is 24.2 Å². The van der Waals surface area contributed by atoms with Crippen molar-refractivity contribution < 1.29 is 0 Å². The minimum atomic E-state index is 0.323. The van der Waals surface area contributed by atoms with Gasteiger partial charge in [-0.3, -0.25) is 0 Å². The monoisotopic (exact) mass is 217 g/mol. The first-order chi connectivity index (χ1) is 7.58. The first-order valence-electron chi connectivity index (χ1n) is 5.20. The minimum absolute atomic E-state index is 0.323. The molecule has 2 rings (SSSR count). The van der Waals surface area contributed by atoms with Crippen LogP contribution in [0.25, 0.3) is 11.6 Å². The molecule has 0 aromatic carbocycles. The van der Waals surface area contributed by atoms with Gasteiger partial charge in [-0.25, -0.2) is 15.0 Å². The summed E-state index contributed by atoms with van der Waals surface area (Å²) in [4.78, 5) is 12.9. The van der Waals surface area contributed by atoms with Crippen molar-refractivity contribution in [3.8, 4) is 11.6 Å². The topological polar surface area (TPSA) is 69.6 Å². The normalized spacial score (nSPS) is 11.0. The maximum absolute atomic E-state index is 5.77. The van der Waals surface area contributed by atoms with Crippen molar-refractivity contribution in [1.29, 1.82) is 0 Å². The average Bonchev–Trinajstić information content (AvgIpc) is 2.63. The Morgan fingerprint density at radius 1 is 1.31 bits per heavy atom. The van der Waals surface area contributed by atoms with Crippen LogP contribution >= 0.6 is 0 Å². The van der Waals surface area contributed by atoms with Crippen LogP contribution in [0.4, 0.5) is 5.82 Å². The van der Waals surface area contributed by atoms with Crippen molar-refractivity contribution in [2.75, 3.05) is 5.73 Å². The molecule has 0 saturated heterocycles. The maximum atomic E-state index is 5.77. The van der Waals surface area contributed by atoms with Gasteiger partial charge >= 0.3 is 0 Å². The first-order valence-corrected chi connectivity index (χ1v) is 5.20. The minimum Gasteiger partial charge on any atom is -0.384 e. The number of rotatable bonds is 2. The van der Waals surface area contributed by atoms with Crippen LogP contribution in [0.3, 0.4) is 0 Å². The van der Waals surface area contributed by atoms with Gasteiger partial charge in [0.1, 0.15) is 5.82 Å². The maximum Gasteiger partial charge on any atom is 0.198 e. The van der Waals surface area contributed by atoms with E-state index in [4.69, 9.17) is 5.73 Å². The summed E-state index contributed by atoms with van der Waals surface area (Å²) in [6, 6.07) is 1.80. The van der Waals surface area contributed by atoms with E-state index in [-0.39, 0.29) is 0 Å². The summed E-state index contributed by atoms with van der Waals surface area (Å²) in [5, 5.41) is 0. The molecule has 0 aliphatic heterocycles. The fourth-order valence-corrected chi connectivity index (χ4v) is 1.46. The van der Waals surface area contributed by atoms with E-state index in [0.717, 1.165) is 11.5 Å². The van der Waals surface area contributed by atoms with Crippen molar-refractivity contribution in [3.63, 3.8) is 0 Å². The van der Waals surface area contributed by atoms with Gasteiger partial charge in [0.15, 0.2) is 11.6 Å². The van der Waals surface area contributed by atoms with Gasteiger partial charge in [0.25, 0.3) is 0 Å². The number of nitrogens with zero attached hydrogens (tertiary/aromatic N) is 4. The molecule has 0 saturated carbocycles. The molecule has 84 valence electrons. The fraction of sp³-hybridized carbons (Fsp3) is 0.364. The molecular formula is C11H15N5. The summed E-state index contributed by atoms with van der Waals surface area (Å²) in [6.45, 7) is 4.15. The highest BCUT2D eigenvalue weighted by Crippen LogP contribution is 2.18. The molecule has 0 bridgehead atoms. The Morgan fingerprint density at radius 3 is 2.62 bits per heavy atom. The molecular weight excluding hydrogens is 202 g/mol. The molecule has 0 spiro atoms. The average molecular weight is 217 g/mol. The van der Waals surface area contributed by atoms with E-state index < -0.39 is 0 Å². The van der Waals surface area contributed by atoms with Crippen molar-refractivity contribution in [1.82, 2.24) is 19.5 Å². The molecule has 0 atom stereocenters. The van der Waals surface area contributed by atoms with Crippen LogP contribution in [0.15, 0.2) is 18.5 Å². The summed E-state index contributed by atoms with van der Waals surface area (Å²) < 4.78 is 1.87. The van der Waals surface area contributed by atoms with Crippen molar-refractivity contribution in [2.24, 2.45) is 7.05 Å². The molecule has 0 fully saturated rings. The van der Waals surface area contributed by atoms with Crippen LogP contribution < -0.4 is 5.73 Å². The van der Waals surface area contributed by atoms with E-state index in [0.29, 0.717) is 17.6 Å². The zero-order valence-electron chi connectivity index (χ0n) is 9.68. The molecule has 0 unspecified atom stereocenters. The Bertz CT molecular complexity index is 501. The Balaban J connectivity index is 2.54. The van der Waals surface area contributed by atoms with Crippen LogP contribution in [0.1, 0.15) is 25.5 Å². The summed E-state index contributed by atoms with van der Waals surface area (Å²) in [5.74, 6) is 2.12. The van der Waals surface area contributed by atoms with Crippen LogP contribution in [-0.2, 0) is 7.05 Å². The Labute approximate surface area is 94.4 Å². The van der Waals surface area contributed by atoms with Crippen LogP contribution in [0.5, 0.6) is 0 Å². The summed E-state index contributed by atoms with van der Waals surface area (Å²) >= 11 is 0. The molecule has 2 N–H and O–H groups in total. The van der Waals surface area contributed by atoms with E-state index in [2.05, 4.69) is 28.8 Å². The highest BCUT2D eigenvalue weighted by Gasteiger charge is 2.11. The summed E-state index contributed by atoms with van der Waals surface area (Å²) in [7, 11) is 1.91. The molecule has 0 amide bonds. The van der Waals surface area contributed by atoms with E-state index >= 15 is 0 Å². The zero-order chi connectivity index (χ0) is 11.7. The van der Waals surface area contributed by atoms with Crippen LogP contribution in [0.2, 0.25) is 0 Å². The lowest BCUT2D eigenvalue weighted by Crippen LogP contribution is -2.04. The Hall–Kier alpha value is -1.91. The van der Waals surface area contributed by atoms with E-state index in [1.807, 2.05) is 17.8 Å². The predicted octanol–water partition coefficient (Wildman–Crippen LogP) is 1.58. The largest absolute Gasteiger partial charge is 0.384 e. The zero-order valence-corrected chi connectivity index (χ0v) is 9.68. The number of anilines is 1. The number of hydrogen-bond acceptors (Lipinski definition) is 4. The van der Waals surface area contributed by atoms with Gasteiger partial charge < -0.3 is 10.3 Å². The highest BCUT2D eigenvalue weighted by molar-refractivity contribution is 5.48. The number of nitrogen functional groups attached to an aromatic ring is 1. The quantitative estimate of drug-likeness (QED) is 0.829. The molecule has 2 aromatic heterocycles. The lowest BCUT2D eigenvalue weighted by atomic mass is 10.1. The fourth-order valence-electron chi connectivity index (χ4n) is 1.46. The molecule has 0 aliphatic rings. The Kier molecular flexibility index (Phi) is 2.60. The molecule has 5 heteroatoms. The van der Waals surface area contributed by atoms with Crippen molar-refractivity contribution in [2.45, 2.75) is 19.8 Å². The van der Waals surface area contributed by atoms with Gasteiger partial charge in [-0.15, -0.1) is 0 Å². The summed E-state index contributed by atoms with van der Waals surface area (Å²) in [5.41, 5.74) is 6.70. The van der Waals surface area contributed by atoms with Gasteiger partial charge in [-0.1, -0.05) is 13.8 Å². The SMILES string of the molecule is CC(C)c1cc(N)nc(-c2nccn2C)n1. The number of aryl methyl sites for hydroxylation is 1. The lowest BCUT2D eigenvalue weighted by Gasteiger charge is -2.07. The van der Waals surface area contributed by atoms with Gasteiger partial charge in [0.05, 0.1) is 0 Å². The highest BCUT2D eigenvalue weighted by atomic mass is 15.1. The number of imidazole rings is 1. The molecule has 16 heavy (non-hydrogen) atoms. The van der Waals surface area contributed by atoms with Crippen LogP contribution in [0, 0.1) is 0 Å². The molecule has 0 aliphatic carbocycles. The first kappa shape index (κ1) is 10.6.